The van der Waals surface area contributed by atoms with Crippen molar-refractivity contribution in [2.75, 3.05) is 26.6 Å². The van der Waals surface area contributed by atoms with Gasteiger partial charge in [0.2, 0.25) is 5.91 Å². The highest BCUT2D eigenvalue weighted by molar-refractivity contribution is 6.35. The molecule has 140 valence electrons. The molecule has 1 atom stereocenters. The average molecular weight is 397 g/mol. The smallest absolute Gasteiger partial charge is 0.241 e. The lowest BCUT2D eigenvalue weighted by atomic mass is 10.1. The van der Waals surface area contributed by atoms with E-state index in [9.17, 15) is 4.79 Å². The van der Waals surface area contributed by atoms with Gasteiger partial charge in [0.15, 0.2) is 11.5 Å². The first kappa shape index (κ1) is 20.4. The summed E-state index contributed by atoms with van der Waals surface area (Å²) in [6.07, 6.45) is 0. The van der Waals surface area contributed by atoms with Crippen molar-refractivity contribution in [3.05, 3.63) is 52.0 Å². The number of halogens is 2. The van der Waals surface area contributed by atoms with Crippen molar-refractivity contribution in [3.63, 3.8) is 0 Å². The topological polar surface area (TPSA) is 50.8 Å². The molecule has 0 saturated heterocycles. The summed E-state index contributed by atoms with van der Waals surface area (Å²) in [5.74, 6) is 1.18. The highest BCUT2D eigenvalue weighted by Gasteiger charge is 2.19. The molecule has 0 fully saturated rings. The number of nitrogens with zero attached hydrogens (tertiary/aromatic N) is 1. The Morgan fingerprint density at radius 1 is 1.08 bits per heavy atom. The number of ether oxygens (including phenoxy) is 2. The average Bonchev–Trinajstić information content (AvgIpc) is 2.59. The number of anilines is 1. The Morgan fingerprint density at radius 2 is 1.69 bits per heavy atom. The van der Waals surface area contributed by atoms with Crippen molar-refractivity contribution in [1.82, 2.24) is 4.90 Å². The van der Waals surface area contributed by atoms with E-state index in [4.69, 9.17) is 32.7 Å². The van der Waals surface area contributed by atoms with E-state index >= 15 is 0 Å². The quantitative estimate of drug-likeness (QED) is 0.749. The molecule has 2 aromatic carbocycles. The summed E-state index contributed by atoms with van der Waals surface area (Å²) in [5.41, 5.74) is 1.58. The van der Waals surface area contributed by atoms with Crippen LogP contribution >= 0.6 is 23.2 Å². The van der Waals surface area contributed by atoms with Crippen LogP contribution in [0.2, 0.25) is 10.0 Å². The first-order valence-electron chi connectivity index (χ1n) is 8.02. The fraction of sp³-hybridized carbons (Fsp3) is 0.316. The van der Waals surface area contributed by atoms with Crippen LogP contribution in [0.4, 0.5) is 5.69 Å². The van der Waals surface area contributed by atoms with Gasteiger partial charge >= 0.3 is 0 Å². The van der Waals surface area contributed by atoms with Crippen molar-refractivity contribution in [3.8, 4) is 11.5 Å². The molecule has 7 heteroatoms. The van der Waals surface area contributed by atoms with Crippen LogP contribution in [0.15, 0.2) is 36.4 Å². The van der Waals surface area contributed by atoms with Gasteiger partial charge in [-0.25, -0.2) is 0 Å². The van der Waals surface area contributed by atoms with Gasteiger partial charge in [0.1, 0.15) is 0 Å². The zero-order valence-electron chi connectivity index (χ0n) is 15.2. The molecule has 0 unspecified atom stereocenters. The summed E-state index contributed by atoms with van der Waals surface area (Å²) in [6, 6.07) is 10.3. The molecule has 0 aliphatic rings. The summed E-state index contributed by atoms with van der Waals surface area (Å²) in [4.78, 5) is 14.4. The third-order valence-corrected chi connectivity index (χ3v) is 4.49. The van der Waals surface area contributed by atoms with Crippen LogP contribution in [-0.4, -0.2) is 38.1 Å². The van der Waals surface area contributed by atoms with E-state index in [-0.39, 0.29) is 11.9 Å². The third-order valence-electron chi connectivity index (χ3n) is 4.05. The number of hydrogen-bond acceptors (Lipinski definition) is 4. The Kier molecular flexibility index (Phi) is 7.14. The van der Waals surface area contributed by atoms with Crippen LogP contribution < -0.4 is 14.8 Å². The summed E-state index contributed by atoms with van der Waals surface area (Å²) in [6.45, 7) is 2.41. The molecule has 0 bridgehead atoms. The maximum absolute atomic E-state index is 12.5. The summed E-state index contributed by atoms with van der Waals surface area (Å²) in [7, 11) is 5.07. The van der Waals surface area contributed by atoms with Gasteiger partial charge < -0.3 is 14.8 Å². The number of carbonyl (C=O) groups is 1. The lowest BCUT2D eigenvalue weighted by Crippen LogP contribution is -2.39. The number of amides is 1. The Hall–Kier alpha value is -1.95. The third kappa shape index (κ3) is 5.27. The zero-order valence-corrected chi connectivity index (χ0v) is 16.7. The first-order chi connectivity index (χ1) is 12.3. The number of rotatable bonds is 7. The Balaban J connectivity index is 2.04. The van der Waals surface area contributed by atoms with Crippen molar-refractivity contribution < 1.29 is 14.3 Å². The zero-order chi connectivity index (χ0) is 19.3. The van der Waals surface area contributed by atoms with Gasteiger partial charge in [-0.2, -0.15) is 0 Å². The molecule has 26 heavy (non-hydrogen) atoms. The number of nitrogens with one attached hydrogen (secondary N) is 1. The minimum atomic E-state index is -0.360. The molecule has 1 amide bonds. The molecule has 0 heterocycles. The van der Waals surface area contributed by atoms with Gasteiger partial charge in [0, 0.05) is 22.3 Å². The maximum atomic E-state index is 12.5. The molecule has 0 aliphatic carbocycles. The molecule has 2 rings (SSSR count). The van der Waals surface area contributed by atoms with Gasteiger partial charge in [-0.05, 0) is 49.9 Å². The predicted octanol–water partition coefficient (Wildman–Crippen LogP) is 4.47. The van der Waals surface area contributed by atoms with E-state index in [0.29, 0.717) is 33.8 Å². The Morgan fingerprint density at radius 3 is 2.27 bits per heavy atom. The predicted molar refractivity (Wildman–Crippen MR) is 106 cm³/mol. The summed E-state index contributed by atoms with van der Waals surface area (Å²) in [5, 5.41) is 3.78. The molecule has 0 spiro atoms. The SMILES string of the molecule is COc1ccc(CN(C)[C@@H](C)C(=O)Nc2cc(Cl)cc(Cl)c2)cc1OC. The van der Waals surface area contributed by atoms with Crippen LogP contribution in [0.5, 0.6) is 11.5 Å². The highest BCUT2D eigenvalue weighted by atomic mass is 35.5. The summed E-state index contributed by atoms with van der Waals surface area (Å²) >= 11 is 11.9. The fourth-order valence-corrected chi connectivity index (χ4v) is 3.00. The lowest BCUT2D eigenvalue weighted by molar-refractivity contribution is -0.120. The number of likely N-dealkylation sites (N-methyl/N-ethyl adjacent to an activating group) is 1. The minimum absolute atomic E-state index is 0.147. The number of carbonyl (C=O) groups excluding carboxylic acids is 1. The number of hydrogen-bond donors (Lipinski definition) is 1. The minimum Gasteiger partial charge on any atom is -0.493 e. The van der Waals surface area contributed by atoms with Gasteiger partial charge in [-0.15, -0.1) is 0 Å². The fourth-order valence-electron chi connectivity index (χ4n) is 2.48. The van der Waals surface area contributed by atoms with Crippen molar-refractivity contribution in [1.29, 1.82) is 0 Å². The Bertz CT molecular complexity index is 763. The lowest BCUT2D eigenvalue weighted by Gasteiger charge is -2.24. The monoisotopic (exact) mass is 396 g/mol. The molecule has 0 radical (unpaired) electrons. The molecule has 0 aliphatic heterocycles. The van der Waals surface area contributed by atoms with Crippen LogP contribution in [-0.2, 0) is 11.3 Å². The molecule has 0 aromatic heterocycles. The van der Waals surface area contributed by atoms with Gasteiger partial charge in [-0.3, -0.25) is 9.69 Å². The first-order valence-corrected chi connectivity index (χ1v) is 8.77. The Labute approximate surface area is 163 Å². The van der Waals surface area contributed by atoms with E-state index < -0.39 is 0 Å². The molecule has 5 nitrogen and oxygen atoms in total. The van der Waals surface area contributed by atoms with Crippen molar-refractivity contribution >= 4 is 34.8 Å². The molecular weight excluding hydrogens is 375 g/mol. The second-order valence-electron chi connectivity index (χ2n) is 5.93. The highest BCUT2D eigenvalue weighted by Crippen LogP contribution is 2.28. The van der Waals surface area contributed by atoms with Gasteiger partial charge in [0.25, 0.3) is 0 Å². The molecular formula is C19H22Cl2N2O3. The van der Waals surface area contributed by atoms with E-state index in [1.165, 1.54) is 0 Å². The normalized spacial score (nSPS) is 12.0. The maximum Gasteiger partial charge on any atom is 0.241 e. The number of methoxy groups -OCH3 is 2. The van der Waals surface area contributed by atoms with Gasteiger partial charge in [-0.1, -0.05) is 29.3 Å². The molecule has 1 N–H and O–H groups in total. The number of benzene rings is 2. The second kappa shape index (κ2) is 9.12. The van der Waals surface area contributed by atoms with E-state index in [0.717, 1.165) is 5.56 Å². The second-order valence-corrected chi connectivity index (χ2v) is 6.80. The molecule has 2 aromatic rings. The van der Waals surface area contributed by atoms with Gasteiger partial charge in [0.05, 0.1) is 20.3 Å². The van der Waals surface area contributed by atoms with E-state index in [2.05, 4.69) is 5.32 Å². The van der Waals surface area contributed by atoms with Crippen LogP contribution in [0.1, 0.15) is 12.5 Å². The summed E-state index contributed by atoms with van der Waals surface area (Å²) < 4.78 is 10.6. The molecule has 0 saturated carbocycles. The van der Waals surface area contributed by atoms with E-state index in [1.54, 1.807) is 32.4 Å². The van der Waals surface area contributed by atoms with E-state index in [1.807, 2.05) is 37.1 Å². The van der Waals surface area contributed by atoms with Crippen molar-refractivity contribution in [2.45, 2.75) is 19.5 Å². The van der Waals surface area contributed by atoms with Crippen molar-refractivity contribution in [2.24, 2.45) is 0 Å². The standard InChI is InChI=1S/C19H22Cl2N2O3/c1-12(19(24)22-16-9-14(20)8-15(21)10-16)23(2)11-13-5-6-17(25-3)18(7-13)26-4/h5-10,12H,11H2,1-4H3,(H,22,24)/t12-/m0/s1. The van der Waals surface area contributed by atoms with Crippen LogP contribution in [0.25, 0.3) is 0 Å². The van der Waals surface area contributed by atoms with Crippen LogP contribution in [0, 0.1) is 0 Å². The van der Waals surface area contributed by atoms with Crippen LogP contribution in [0.3, 0.4) is 0 Å². The largest absolute Gasteiger partial charge is 0.493 e.